The van der Waals surface area contributed by atoms with Gasteiger partial charge in [0.1, 0.15) is 0 Å². The summed E-state index contributed by atoms with van der Waals surface area (Å²) in [5, 5.41) is 3.86. The van der Waals surface area contributed by atoms with Crippen LogP contribution in [-0.4, -0.2) is 23.9 Å². The standard InChI is InChI=1S/C21H25ClN2O/c1-15-9-16(2)11-20(10-15)23-21(25)18-6-4-8-24(14-18)13-17-5-3-7-19(22)12-17/h3,5,7,9-12,18H,4,6,8,13-14H2,1-2H3,(H,23,25). The summed E-state index contributed by atoms with van der Waals surface area (Å²) in [5.74, 6) is 0.162. The van der Waals surface area contributed by atoms with Crippen LogP contribution in [0.15, 0.2) is 42.5 Å². The van der Waals surface area contributed by atoms with Gasteiger partial charge in [0.2, 0.25) is 5.91 Å². The first-order chi connectivity index (χ1) is 12.0. The number of nitrogens with zero attached hydrogens (tertiary/aromatic N) is 1. The van der Waals surface area contributed by atoms with Crippen LogP contribution in [0.4, 0.5) is 5.69 Å². The molecule has 0 aromatic heterocycles. The first-order valence-electron chi connectivity index (χ1n) is 8.85. The minimum atomic E-state index is 0.0359. The average molecular weight is 357 g/mol. The third-order valence-corrected chi connectivity index (χ3v) is 4.90. The molecular formula is C21H25ClN2O. The van der Waals surface area contributed by atoms with Gasteiger partial charge in [0, 0.05) is 23.8 Å². The molecule has 1 aliphatic rings. The fourth-order valence-corrected chi connectivity index (χ4v) is 3.81. The van der Waals surface area contributed by atoms with E-state index in [0.717, 1.165) is 43.2 Å². The Bertz CT molecular complexity index is 739. The second-order valence-electron chi connectivity index (χ2n) is 7.07. The topological polar surface area (TPSA) is 32.3 Å². The monoisotopic (exact) mass is 356 g/mol. The Balaban J connectivity index is 1.61. The smallest absolute Gasteiger partial charge is 0.228 e. The van der Waals surface area contributed by atoms with Crippen molar-refractivity contribution >= 4 is 23.2 Å². The van der Waals surface area contributed by atoms with Gasteiger partial charge in [0.25, 0.3) is 0 Å². The number of carbonyl (C=O) groups excluding carboxylic acids is 1. The van der Waals surface area contributed by atoms with Crippen molar-refractivity contribution in [1.29, 1.82) is 0 Å². The summed E-state index contributed by atoms with van der Waals surface area (Å²) in [5.41, 5.74) is 4.43. The van der Waals surface area contributed by atoms with Crippen LogP contribution in [0.1, 0.15) is 29.5 Å². The largest absolute Gasteiger partial charge is 0.326 e. The number of anilines is 1. The number of carbonyl (C=O) groups is 1. The minimum Gasteiger partial charge on any atom is -0.326 e. The van der Waals surface area contributed by atoms with E-state index in [1.807, 2.05) is 30.3 Å². The molecule has 0 aliphatic carbocycles. The predicted molar refractivity (Wildman–Crippen MR) is 104 cm³/mol. The molecule has 132 valence electrons. The Labute approximate surface area is 155 Å². The Hall–Kier alpha value is -1.84. The summed E-state index contributed by atoms with van der Waals surface area (Å²) in [7, 11) is 0. The summed E-state index contributed by atoms with van der Waals surface area (Å²) in [6, 6.07) is 14.1. The molecule has 0 radical (unpaired) electrons. The molecule has 1 aliphatic heterocycles. The van der Waals surface area contributed by atoms with Crippen LogP contribution in [0.5, 0.6) is 0 Å². The number of piperidine rings is 1. The van der Waals surface area contributed by atoms with E-state index in [1.54, 1.807) is 0 Å². The predicted octanol–water partition coefficient (Wildman–Crippen LogP) is 4.81. The highest BCUT2D eigenvalue weighted by atomic mass is 35.5. The Morgan fingerprint density at radius 2 is 1.96 bits per heavy atom. The quantitative estimate of drug-likeness (QED) is 0.852. The molecule has 1 heterocycles. The van der Waals surface area contributed by atoms with E-state index >= 15 is 0 Å². The number of rotatable bonds is 4. The fraction of sp³-hybridized carbons (Fsp3) is 0.381. The number of hydrogen-bond donors (Lipinski definition) is 1. The lowest BCUT2D eigenvalue weighted by molar-refractivity contribution is -0.121. The van der Waals surface area contributed by atoms with Gasteiger partial charge in [-0.15, -0.1) is 0 Å². The van der Waals surface area contributed by atoms with Gasteiger partial charge in [-0.25, -0.2) is 0 Å². The van der Waals surface area contributed by atoms with E-state index in [-0.39, 0.29) is 11.8 Å². The number of amides is 1. The zero-order valence-electron chi connectivity index (χ0n) is 14.9. The molecule has 2 aromatic rings. The fourth-order valence-electron chi connectivity index (χ4n) is 3.60. The number of likely N-dealkylation sites (tertiary alicyclic amines) is 1. The van der Waals surface area contributed by atoms with Crippen LogP contribution in [0.2, 0.25) is 5.02 Å². The van der Waals surface area contributed by atoms with E-state index in [0.29, 0.717) is 0 Å². The van der Waals surface area contributed by atoms with Crippen molar-refractivity contribution in [2.45, 2.75) is 33.2 Å². The summed E-state index contributed by atoms with van der Waals surface area (Å²) in [6.07, 6.45) is 1.99. The summed E-state index contributed by atoms with van der Waals surface area (Å²) in [6.45, 7) is 6.77. The maximum atomic E-state index is 12.7. The van der Waals surface area contributed by atoms with Crippen LogP contribution in [0.3, 0.4) is 0 Å². The van der Waals surface area contributed by atoms with Gasteiger partial charge in [0.05, 0.1) is 5.92 Å². The Morgan fingerprint density at radius 3 is 2.68 bits per heavy atom. The molecule has 1 amide bonds. The zero-order chi connectivity index (χ0) is 17.8. The highest BCUT2D eigenvalue weighted by Gasteiger charge is 2.26. The maximum absolute atomic E-state index is 12.7. The van der Waals surface area contributed by atoms with Gasteiger partial charge in [-0.2, -0.15) is 0 Å². The molecule has 1 N–H and O–H groups in total. The molecule has 0 spiro atoms. The van der Waals surface area contributed by atoms with E-state index in [2.05, 4.69) is 36.2 Å². The minimum absolute atomic E-state index is 0.0359. The second kappa shape index (κ2) is 8.03. The first kappa shape index (κ1) is 18.0. The lowest BCUT2D eigenvalue weighted by atomic mass is 9.96. The van der Waals surface area contributed by atoms with Gasteiger partial charge in [-0.05, 0) is 74.2 Å². The number of benzene rings is 2. The third kappa shape index (κ3) is 5.07. The molecule has 3 nitrogen and oxygen atoms in total. The Morgan fingerprint density at radius 1 is 1.20 bits per heavy atom. The molecule has 1 saturated heterocycles. The molecule has 1 unspecified atom stereocenters. The molecular weight excluding hydrogens is 332 g/mol. The van der Waals surface area contributed by atoms with Crippen LogP contribution in [0, 0.1) is 19.8 Å². The first-order valence-corrected chi connectivity index (χ1v) is 9.23. The molecule has 4 heteroatoms. The van der Waals surface area contributed by atoms with Crippen molar-refractivity contribution in [2.24, 2.45) is 5.92 Å². The highest BCUT2D eigenvalue weighted by Crippen LogP contribution is 2.22. The SMILES string of the molecule is Cc1cc(C)cc(NC(=O)C2CCCN(Cc3cccc(Cl)c3)C2)c1. The number of nitrogens with one attached hydrogen (secondary N) is 1. The number of hydrogen-bond acceptors (Lipinski definition) is 2. The molecule has 0 saturated carbocycles. The van der Waals surface area contributed by atoms with Crippen LogP contribution in [0.25, 0.3) is 0 Å². The van der Waals surface area contributed by atoms with Gasteiger partial charge in [0.15, 0.2) is 0 Å². The van der Waals surface area contributed by atoms with Gasteiger partial charge in [-0.1, -0.05) is 29.8 Å². The van der Waals surface area contributed by atoms with E-state index < -0.39 is 0 Å². The van der Waals surface area contributed by atoms with Crippen molar-refractivity contribution in [3.63, 3.8) is 0 Å². The summed E-state index contributed by atoms with van der Waals surface area (Å²) < 4.78 is 0. The van der Waals surface area contributed by atoms with E-state index in [1.165, 1.54) is 16.7 Å². The van der Waals surface area contributed by atoms with E-state index in [4.69, 9.17) is 11.6 Å². The number of halogens is 1. The molecule has 25 heavy (non-hydrogen) atoms. The van der Waals surface area contributed by atoms with Crippen LogP contribution >= 0.6 is 11.6 Å². The lowest BCUT2D eigenvalue weighted by Crippen LogP contribution is -2.40. The van der Waals surface area contributed by atoms with Gasteiger partial charge in [-0.3, -0.25) is 9.69 Å². The van der Waals surface area contributed by atoms with Crippen molar-refractivity contribution in [1.82, 2.24) is 4.90 Å². The Kier molecular flexibility index (Phi) is 5.77. The second-order valence-corrected chi connectivity index (χ2v) is 7.51. The third-order valence-electron chi connectivity index (χ3n) is 4.66. The van der Waals surface area contributed by atoms with Crippen molar-refractivity contribution in [3.05, 3.63) is 64.2 Å². The summed E-state index contributed by atoms with van der Waals surface area (Å²) in [4.78, 5) is 15.0. The molecule has 3 rings (SSSR count). The molecule has 0 bridgehead atoms. The molecule has 1 fully saturated rings. The van der Waals surface area contributed by atoms with E-state index in [9.17, 15) is 4.79 Å². The average Bonchev–Trinajstić information content (AvgIpc) is 2.54. The van der Waals surface area contributed by atoms with Gasteiger partial charge >= 0.3 is 0 Å². The maximum Gasteiger partial charge on any atom is 0.228 e. The van der Waals surface area contributed by atoms with Gasteiger partial charge < -0.3 is 5.32 Å². The molecule has 1 atom stereocenters. The van der Waals surface area contributed by atoms with Crippen molar-refractivity contribution in [3.8, 4) is 0 Å². The van der Waals surface area contributed by atoms with Crippen LogP contribution < -0.4 is 5.32 Å². The molecule has 2 aromatic carbocycles. The van der Waals surface area contributed by atoms with Crippen molar-refractivity contribution in [2.75, 3.05) is 18.4 Å². The zero-order valence-corrected chi connectivity index (χ0v) is 15.6. The number of aryl methyl sites for hydroxylation is 2. The van der Waals surface area contributed by atoms with Crippen LogP contribution in [-0.2, 0) is 11.3 Å². The highest BCUT2D eigenvalue weighted by molar-refractivity contribution is 6.30. The lowest BCUT2D eigenvalue weighted by Gasteiger charge is -2.32. The normalized spacial score (nSPS) is 18.1. The summed E-state index contributed by atoms with van der Waals surface area (Å²) >= 11 is 6.07. The van der Waals surface area contributed by atoms with Crippen molar-refractivity contribution < 1.29 is 4.79 Å².